The van der Waals surface area contributed by atoms with E-state index < -0.39 is 0 Å². The third-order valence-corrected chi connectivity index (χ3v) is 3.55. The summed E-state index contributed by atoms with van der Waals surface area (Å²) in [5.74, 6) is 2.61. The molecule has 0 aromatic carbocycles. The van der Waals surface area contributed by atoms with Crippen molar-refractivity contribution in [3.05, 3.63) is 5.82 Å². The topological polar surface area (TPSA) is 106 Å². The molecular weight excluding hydrogens is 218 g/mol. The average molecular weight is 235 g/mol. The zero-order valence-electron chi connectivity index (χ0n) is 9.63. The van der Waals surface area contributed by atoms with Crippen molar-refractivity contribution in [1.29, 1.82) is 0 Å². The molecule has 7 heteroatoms. The zero-order valence-corrected chi connectivity index (χ0v) is 9.63. The molecule has 0 bridgehead atoms. The van der Waals surface area contributed by atoms with Gasteiger partial charge in [0.05, 0.1) is 6.54 Å². The maximum atomic E-state index is 5.55. The van der Waals surface area contributed by atoms with Crippen molar-refractivity contribution in [3.63, 3.8) is 0 Å². The van der Waals surface area contributed by atoms with E-state index in [2.05, 4.69) is 25.2 Å². The molecule has 0 amide bonds. The number of rotatable bonds is 2. The molecule has 1 aromatic heterocycles. The van der Waals surface area contributed by atoms with Crippen LogP contribution in [0.25, 0.3) is 0 Å². The molecule has 0 spiro atoms. The summed E-state index contributed by atoms with van der Waals surface area (Å²) in [5.41, 5.74) is 11.1. The highest BCUT2D eigenvalue weighted by atomic mass is 15.2. The Bertz CT molecular complexity index is 389. The van der Waals surface area contributed by atoms with E-state index >= 15 is 0 Å². The lowest BCUT2D eigenvalue weighted by Gasteiger charge is -2.15. The number of anilines is 2. The quantitative estimate of drug-likeness (QED) is 0.584. The Morgan fingerprint density at radius 1 is 1.06 bits per heavy atom. The van der Waals surface area contributed by atoms with Gasteiger partial charge in [0.15, 0.2) is 0 Å². The predicted octanol–water partition coefficient (Wildman–Crippen LogP) is -1.31. The summed E-state index contributed by atoms with van der Waals surface area (Å²) in [4.78, 5) is 14.4. The first kappa shape index (κ1) is 10.7. The van der Waals surface area contributed by atoms with Crippen LogP contribution in [0.1, 0.15) is 5.82 Å². The molecule has 7 nitrogen and oxygen atoms in total. The Morgan fingerprint density at radius 3 is 2.24 bits per heavy atom. The second-order valence-corrected chi connectivity index (χ2v) is 4.84. The molecule has 2 aliphatic heterocycles. The van der Waals surface area contributed by atoms with Crippen LogP contribution in [0.15, 0.2) is 0 Å². The summed E-state index contributed by atoms with van der Waals surface area (Å²) < 4.78 is 0. The molecule has 0 aliphatic carbocycles. The summed E-state index contributed by atoms with van der Waals surface area (Å²) in [5, 5.41) is 3.42. The van der Waals surface area contributed by atoms with E-state index in [1.54, 1.807) is 0 Å². The largest absolute Gasteiger partial charge is 0.368 e. The molecule has 0 radical (unpaired) electrons. The second-order valence-electron chi connectivity index (χ2n) is 4.84. The van der Waals surface area contributed by atoms with Gasteiger partial charge in [-0.15, -0.1) is 0 Å². The van der Waals surface area contributed by atoms with E-state index in [0.29, 0.717) is 12.4 Å². The summed E-state index contributed by atoms with van der Waals surface area (Å²) in [6.45, 7) is 5.17. The standard InChI is InChI=1S/C10H17N7/c11-9-14-8(15-10(12)16-9)5-17-3-6-1-13-2-7(6)4-17/h6-7,13H,1-5H2,(H4,11,12,14,15,16)/t6-,7+. The van der Waals surface area contributed by atoms with Gasteiger partial charge < -0.3 is 16.8 Å². The molecule has 3 heterocycles. The van der Waals surface area contributed by atoms with Crippen molar-refractivity contribution in [2.75, 3.05) is 37.6 Å². The van der Waals surface area contributed by atoms with Gasteiger partial charge in [0.2, 0.25) is 11.9 Å². The normalized spacial score (nSPS) is 28.5. The van der Waals surface area contributed by atoms with E-state index in [-0.39, 0.29) is 11.9 Å². The van der Waals surface area contributed by atoms with E-state index in [4.69, 9.17) is 11.5 Å². The van der Waals surface area contributed by atoms with Crippen LogP contribution in [-0.2, 0) is 6.54 Å². The summed E-state index contributed by atoms with van der Waals surface area (Å²) in [7, 11) is 0. The highest BCUT2D eigenvalue weighted by molar-refractivity contribution is 5.25. The van der Waals surface area contributed by atoms with Gasteiger partial charge in [-0.3, -0.25) is 4.90 Å². The number of likely N-dealkylation sites (tertiary alicyclic amines) is 1. The van der Waals surface area contributed by atoms with Gasteiger partial charge in [-0.05, 0) is 24.9 Å². The summed E-state index contributed by atoms with van der Waals surface area (Å²) in [6, 6.07) is 0. The molecule has 92 valence electrons. The number of nitrogen functional groups attached to an aromatic ring is 2. The lowest BCUT2D eigenvalue weighted by atomic mass is 10.0. The minimum absolute atomic E-state index is 0.202. The number of fused-ring (bicyclic) bond motifs is 1. The molecular formula is C10H17N7. The fourth-order valence-electron chi connectivity index (χ4n) is 2.81. The molecule has 2 fully saturated rings. The van der Waals surface area contributed by atoms with Gasteiger partial charge in [0, 0.05) is 13.1 Å². The van der Waals surface area contributed by atoms with Crippen LogP contribution in [-0.4, -0.2) is 46.0 Å². The minimum atomic E-state index is 0.202. The van der Waals surface area contributed by atoms with Crippen molar-refractivity contribution in [2.45, 2.75) is 6.54 Å². The highest BCUT2D eigenvalue weighted by Gasteiger charge is 2.36. The molecule has 3 rings (SSSR count). The van der Waals surface area contributed by atoms with Gasteiger partial charge in [0.1, 0.15) is 5.82 Å². The maximum Gasteiger partial charge on any atom is 0.225 e. The van der Waals surface area contributed by atoms with Crippen molar-refractivity contribution in [1.82, 2.24) is 25.2 Å². The first-order valence-corrected chi connectivity index (χ1v) is 5.89. The Balaban J connectivity index is 1.67. The number of hydrogen-bond donors (Lipinski definition) is 3. The minimum Gasteiger partial charge on any atom is -0.368 e. The van der Waals surface area contributed by atoms with Gasteiger partial charge in [-0.25, -0.2) is 0 Å². The number of nitrogens with two attached hydrogens (primary N) is 2. The van der Waals surface area contributed by atoms with Gasteiger partial charge in [-0.1, -0.05) is 0 Å². The van der Waals surface area contributed by atoms with Crippen molar-refractivity contribution < 1.29 is 0 Å². The van der Waals surface area contributed by atoms with Crippen LogP contribution in [0.5, 0.6) is 0 Å². The molecule has 2 saturated heterocycles. The molecule has 2 atom stereocenters. The number of nitrogens with one attached hydrogen (secondary N) is 1. The van der Waals surface area contributed by atoms with Crippen LogP contribution >= 0.6 is 0 Å². The van der Waals surface area contributed by atoms with Crippen molar-refractivity contribution in [2.24, 2.45) is 11.8 Å². The molecule has 17 heavy (non-hydrogen) atoms. The number of hydrogen-bond acceptors (Lipinski definition) is 7. The zero-order chi connectivity index (χ0) is 11.8. The fourth-order valence-corrected chi connectivity index (χ4v) is 2.81. The predicted molar refractivity (Wildman–Crippen MR) is 63.8 cm³/mol. The summed E-state index contributed by atoms with van der Waals surface area (Å²) >= 11 is 0. The first-order chi connectivity index (χ1) is 8.20. The Hall–Kier alpha value is -1.47. The Kier molecular flexibility index (Phi) is 2.56. The fraction of sp³-hybridized carbons (Fsp3) is 0.700. The molecule has 1 aromatic rings. The third kappa shape index (κ3) is 2.16. The van der Waals surface area contributed by atoms with Gasteiger partial charge in [0.25, 0.3) is 0 Å². The van der Waals surface area contributed by atoms with Crippen LogP contribution < -0.4 is 16.8 Å². The number of nitrogens with zero attached hydrogens (tertiary/aromatic N) is 4. The van der Waals surface area contributed by atoms with Crippen LogP contribution in [0.2, 0.25) is 0 Å². The Labute approximate surface area is 99.6 Å². The number of aromatic nitrogens is 3. The maximum absolute atomic E-state index is 5.55. The molecule has 0 saturated carbocycles. The van der Waals surface area contributed by atoms with E-state index in [0.717, 1.165) is 38.0 Å². The smallest absolute Gasteiger partial charge is 0.225 e. The average Bonchev–Trinajstić information content (AvgIpc) is 2.75. The van der Waals surface area contributed by atoms with E-state index in [1.165, 1.54) is 0 Å². The SMILES string of the molecule is Nc1nc(N)nc(CN2C[C@H]3CNC[C@H]3C2)n1. The monoisotopic (exact) mass is 235 g/mol. The highest BCUT2D eigenvalue weighted by Crippen LogP contribution is 2.26. The molecule has 5 N–H and O–H groups in total. The third-order valence-electron chi connectivity index (χ3n) is 3.55. The summed E-state index contributed by atoms with van der Waals surface area (Å²) in [6.07, 6.45) is 0. The molecule has 2 aliphatic rings. The lowest BCUT2D eigenvalue weighted by Crippen LogP contribution is -2.26. The van der Waals surface area contributed by atoms with Gasteiger partial charge >= 0.3 is 0 Å². The second kappa shape index (κ2) is 4.08. The van der Waals surface area contributed by atoms with Crippen molar-refractivity contribution >= 4 is 11.9 Å². The van der Waals surface area contributed by atoms with Crippen LogP contribution in [0, 0.1) is 11.8 Å². The van der Waals surface area contributed by atoms with Crippen LogP contribution in [0.3, 0.4) is 0 Å². The lowest BCUT2D eigenvalue weighted by molar-refractivity contribution is 0.298. The molecule has 0 unspecified atom stereocenters. The van der Waals surface area contributed by atoms with E-state index in [9.17, 15) is 0 Å². The first-order valence-electron chi connectivity index (χ1n) is 5.89. The van der Waals surface area contributed by atoms with Gasteiger partial charge in [-0.2, -0.15) is 15.0 Å². The van der Waals surface area contributed by atoms with E-state index in [1.807, 2.05) is 0 Å². The van der Waals surface area contributed by atoms with Crippen LogP contribution in [0.4, 0.5) is 11.9 Å². The van der Waals surface area contributed by atoms with Crippen molar-refractivity contribution in [3.8, 4) is 0 Å². The Morgan fingerprint density at radius 2 is 1.65 bits per heavy atom.